The highest BCUT2D eigenvalue weighted by Crippen LogP contribution is 2.29. The van der Waals surface area contributed by atoms with E-state index in [1.807, 2.05) is 48.5 Å². The molecule has 3 rings (SSSR count). The molecule has 0 saturated carbocycles. The molecule has 1 heterocycles. The molecule has 0 bridgehead atoms. The number of hydrogen-bond donors (Lipinski definition) is 2. The number of rotatable bonds is 6. The summed E-state index contributed by atoms with van der Waals surface area (Å²) >= 11 is 0. The van der Waals surface area contributed by atoms with Crippen molar-refractivity contribution in [1.82, 2.24) is 15.5 Å². The Morgan fingerprint density at radius 2 is 1.96 bits per heavy atom. The Bertz CT molecular complexity index is 690. The van der Waals surface area contributed by atoms with Crippen molar-refractivity contribution in [2.45, 2.75) is 12.6 Å². The van der Waals surface area contributed by atoms with Crippen LogP contribution in [-0.4, -0.2) is 44.1 Å². The average molecular weight is 339 g/mol. The topological polar surface area (TPSA) is 53.6 Å². The summed E-state index contributed by atoms with van der Waals surface area (Å²) in [4.78, 5) is 14.6. The molecule has 5 nitrogen and oxygen atoms in total. The zero-order valence-electron chi connectivity index (χ0n) is 14.6. The van der Waals surface area contributed by atoms with Gasteiger partial charge in [0.2, 0.25) is 5.91 Å². The number of para-hydroxylation sites is 1. The Morgan fingerprint density at radius 3 is 2.76 bits per heavy atom. The lowest BCUT2D eigenvalue weighted by Gasteiger charge is -2.36. The molecule has 0 spiro atoms. The molecule has 1 aliphatic rings. The van der Waals surface area contributed by atoms with Crippen LogP contribution in [0.4, 0.5) is 0 Å². The third kappa shape index (κ3) is 4.59. The Labute approximate surface area is 149 Å². The third-order valence-corrected chi connectivity index (χ3v) is 4.53. The van der Waals surface area contributed by atoms with E-state index in [4.69, 9.17) is 4.74 Å². The summed E-state index contributed by atoms with van der Waals surface area (Å²) in [5, 5.41) is 6.43. The van der Waals surface area contributed by atoms with Gasteiger partial charge in [0.05, 0.1) is 19.7 Å². The molecule has 132 valence electrons. The predicted octanol–water partition coefficient (Wildman–Crippen LogP) is 1.96. The van der Waals surface area contributed by atoms with Crippen LogP contribution in [0.5, 0.6) is 5.75 Å². The van der Waals surface area contributed by atoms with Crippen LogP contribution >= 0.6 is 0 Å². The van der Waals surface area contributed by atoms with Crippen molar-refractivity contribution >= 4 is 5.91 Å². The first kappa shape index (κ1) is 17.5. The van der Waals surface area contributed by atoms with Crippen LogP contribution in [-0.2, 0) is 11.3 Å². The number of amides is 1. The third-order valence-electron chi connectivity index (χ3n) is 4.53. The molecule has 1 aliphatic heterocycles. The molecule has 1 amide bonds. The van der Waals surface area contributed by atoms with Gasteiger partial charge in [-0.05, 0) is 11.6 Å². The van der Waals surface area contributed by atoms with Crippen LogP contribution < -0.4 is 15.4 Å². The molecule has 0 radical (unpaired) electrons. The Morgan fingerprint density at radius 1 is 1.20 bits per heavy atom. The first-order chi connectivity index (χ1) is 12.3. The first-order valence-corrected chi connectivity index (χ1v) is 8.66. The van der Waals surface area contributed by atoms with Crippen molar-refractivity contribution in [2.24, 2.45) is 0 Å². The quantitative estimate of drug-likeness (QED) is 0.845. The minimum Gasteiger partial charge on any atom is -0.496 e. The van der Waals surface area contributed by atoms with E-state index in [1.165, 1.54) is 0 Å². The molecule has 1 saturated heterocycles. The van der Waals surface area contributed by atoms with Gasteiger partial charge in [-0.2, -0.15) is 0 Å². The summed E-state index contributed by atoms with van der Waals surface area (Å²) in [6, 6.07) is 18.1. The zero-order chi connectivity index (χ0) is 17.5. The van der Waals surface area contributed by atoms with Crippen molar-refractivity contribution < 1.29 is 9.53 Å². The van der Waals surface area contributed by atoms with Gasteiger partial charge in [-0.15, -0.1) is 0 Å². The Hall–Kier alpha value is -2.37. The second kappa shape index (κ2) is 8.65. The van der Waals surface area contributed by atoms with E-state index in [9.17, 15) is 4.79 Å². The van der Waals surface area contributed by atoms with Crippen molar-refractivity contribution in [1.29, 1.82) is 0 Å². The van der Waals surface area contributed by atoms with E-state index >= 15 is 0 Å². The minimum atomic E-state index is 0.0469. The molecule has 25 heavy (non-hydrogen) atoms. The second-order valence-electron chi connectivity index (χ2n) is 6.19. The summed E-state index contributed by atoms with van der Waals surface area (Å²) in [5.74, 6) is 0.913. The number of carbonyl (C=O) groups is 1. The lowest BCUT2D eigenvalue weighted by Crippen LogP contribution is -2.49. The number of hydrogen-bond acceptors (Lipinski definition) is 4. The molecule has 0 aromatic heterocycles. The molecule has 1 atom stereocenters. The minimum absolute atomic E-state index is 0.0469. The van der Waals surface area contributed by atoms with Crippen molar-refractivity contribution in [3.63, 3.8) is 0 Å². The zero-order valence-corrected chi connectivity index (χ0v) is 14.6. The number of benzene rings is 2. The molecule has 1 unspecified atom stereocenters. The van der Waals surface area contributed by atoms with Gasteiger partial charge >= 0.3 is 0 Å². The number of methoxy groups -OCH3 is 1. The summed E-state index contributed by atoms with van der Waals surface area (Å²) in [6.07, 6.45) is 0. The monoisotopic (exact) mass is 339 g/mol. The molecule has 1 fully saturated rings. The number of carbonyl (C=O) groups excluding carboxylic acids is 1. The van der Waals surface area contributed by atoms with Gasteiger partial charge in [-0.1, -0.05) is 48.5 Å². The molecule has 5 heteroatoms. The van der Waals surface area contributed by atoms with Crippen molar-refractivity contribution in [3.8, 4) is 5.75 Å². The van der Waals surface area contributed by atoms with Crippen LogP contribution in [0, 0.1) is 0 Å². The van der Waals surface area contributed by atoms with E-state index in [0.717, 1.165) is 36.5 Å². The maximum Gasteiger partial charge on any atom is 0.234 e. The van der Waals surface area contributed by atoms with Crippen LogP contribution in [0.3, 0.4) is 0 Å². The average Bonchev–Trinajstić information content (AvgIpc) is 2.67. The fourth-order valence-electron chi connectivity index (χ4n) is 3.22. The van der Waals surface area contributed by atoms with Gasteiger partial charge in [0.25, 0.3) is 0 Å². The summed E-state index contributed by atoms with van der Waals surface area (Å²) < 4.78 is 5.50. The Balaban J connectivity index is 1.64. The van der Waals surface area contributed by atoms with Crippen LogP contribution in [0.1, 0.15) is 17.2 Å². The van der Waals surface area contributed by atoms with Gasteiger partial charge in [-0.3, -0.25) is 9.69 Å². The van der Waals surface area contributed by atoms with Crippen molar-refractivity contribution in [3.05, 3.63) is 65.7 Å². The standard InChI is InChI=1S/C20H25N3O2/c1-25-19-10-6-5-9-17(19)18-14-21-11-12-23(18)15-20(24)22-13-16-7-3-2-4-8-16/h2-10,18,21H,11-15H2,1H3,(H,22,24). The molecular weight excluding hydrogens is 314 g/mol. The Kier molecular flexibility index (Phi) is 6.04. The van der Waals surface area contributed by atoms with Crippen LogP contribution in [0.25, 0.3) is 0 Å². The smallest absolute Gasteiger partial charge is 0.234 e. The molecule has 2 N–H and O–H groups in total. The highest BCUT2D eigenvalue weighted by Gasteiger charge is 2.27. The highest BCUT2D eigenvalue weighted by atomic mass is 16.5. The largest absolute Gasteiger partial charge is 0.496 e. The molecule has 0 aliphatic carbocycles. The lowest BCUT2D eigenvalue weighted by atomic mass is 10.0. The maximum atomic E-state index is 12.4. The number of ether oxygens (including phenoxy) is 1. The fraction of sp³-hybridized carbons (Fsp3) is 0.350. The lowest BCUT2D eigenvalue weighted by molar-refractivity contribution is -0.123. The molecular formula is C20H25N3O2. The summed E-state index contributed by atoms with van der Waals surface area (Å²) in [5.41, 5.74) is 2.23. The summed E-state index contributed by atoms with van der Waals surface area (Å²) in [6.45, 7) is 3.48. The van der Waals surface area contributed by atoms with Gasteiger partial charge < -0.3 is 15.4 Å². The normalized spacial score (nSPS) is 17.9. The van der Waals surface area contributed by atoms with Gasteiger partial charge in [0.1, 0.15) is 5.75 Å². The van der Waals surface area contributed by atoms with E-state index in [0.29, 0.717) is 13.1 Å². The maximum absolute atomic E-state index is 12.4. The van der Waals surface area contributed by atoms with E-state index in [-0.39, 0.29) is 11.9 Å². The van der Waals surface area contributed by atoms with Gasteiger partial charge in [-0.25, -0.2) is 0 Å². The van der Waals surface area contributed by atoms with E-state index < -0.39 is 0 Å². The van der Waals surface area contributed by atoms with Crippen LogP contribution in [0.15, 0.2) is 54.6 Å². The van der Waals surface area contributed by atoms with Gasteiger partial charge in [0, 0.05) is 31.7 Å². The van der Waals surface area contributed by atoms with E-state index in [1.54, 1.807) is 7.11 Å². The highest BCUT2D eigenvalue weighted by molar-refractivity contribution is 5.78. The SMILES string of the molecule is COc1ccccc1C1CNCCN1CC(=O)NCc1ccccc1. The first-order valence-electron chi connectivity index (χ1n) is 8.66. The van der Waals surface area contributed by atoms with E-state index in [2.05, 4.69) is 21.6 Å². The molecule has 2 aromatic carbocycles. The number of piperazine rings is 1. The number of nitrogens with zero attached hydrogens (tertiary/aromatic N) is 1. The fourth-order valence-corrected chi connectivity index (χ4v) is 3.22. The van der Waals surface area contributed by atoms with Crippen molar-refractivity contribution in [2.75, 3.05) is 33.3 Å². The molecule has 2 aromatic rings. The number of nitrogens with one attached hydrogen (secondary N) is 2. The second-order valence-corrected chi connectivity index (χ2v) is 6.19. The predicted molar refractivity (Wildman–Crippen MR) is 98.5 cm³/mol. The summed E-state index contributed by atoms with van der Waals surface area (Å²) in [7, 11) is 1.69. The van der Waals surface area contributed by atoms with Gasteiger partial charge in [0.15, 0.2) is 0 Å². The van der Waals surface area contributed by atoms with Crippen LogP contribution in [0.2, 0.25) is 0 Å².